The molecule has 0 aliphatic heterocycles. The second-order valence-electron chi connectivity index (χ2n) is 3.74. The highest BCUT2D eigenvalue weighted by atomic mass is 16.5. The average molecular weight is 235 g/mol. The van der Waals surface area contributed by atoms with Crippen LogP contribution in [0.2, 0.25) is 0 Å². The average Bonchev–Trinajstić information content (AvgIpc) is 2.34. The smallest absolute Gasteiger partial charge is 0.140 e. The minimum absolute atomic E-state index is 0.180. The molecule has 0 atom stereocenters. The fourth-order valence-electron chi connectivity index (χ4n) is 1.28. The summed E-state index contributed by atoms with van der Waals surface area (Å²) in [6.45, 7) is 4.85. The number of nitrogens with zero attached hydrogens (tertiary/aromatic N) is 1. The van der Waals surface area contributed by atoms with Crippen LogP contribution < -0.4 is 9.47 Å². The quantitative estimate of drug-likeness (QED) is 0.710. The van der Waals surface area contributed by atoms with Gasteiger partial charge in [-0.3, -0.25) is 0 Å². The number of benzene rings is 1. The highest BCUT2D eigenvalue weighted by Crippen LogP contribution is 2.23. The maximum absolute atomic E-state index is 8.92. The Morgan fingerprint density at radius 2 is 2.06 bits per heavy atom. The molecule has 0 spiro atoms. The predicted molar refractivity (Wildman–Crippen MR) is 64.3 cm³/mol. The second kappa shape index (κ2) is 6.77. The summed E-state index contributed by atoms with van der Waals surface area (Å²) in [5.41, 5.74) is 0.496. The third-order valence-corrected chi connectivity index (χ3v) is 2.10. The molecule has 1 aromatic rings. The van der Waals surface area contributed by atoms with Crippen molar-refractivity contribution in [1.29, 1.82) is 5.26 Å². The summed E-state index contributed by atoms with van der Waals surface area (Å²) in [6.07, 6.45) is 0.180. The van der Waals surface area contributed by atoms with Gasteiger partial charge in [-0.1, -0.05) is 0 Å². The van der Waals surface area contributed by atoms with Crippen molar-refractivity contribution in [2.24, 2.45) is 0 Å². The van der Waals surface area contributed by atoms with Crippen molar-refractivity contribution in [3.63, 3.8) is 0 Å². The van der Waals surface area contributed by atoms with Crippen LogP contribution in [-0.4, -0.2) is 26.4 Å². The normalized spacial score (nSPS) is 10.1. The summed E-state index contributed by atoms with van der Waals surface area (Å²) >= 11 is 0. The Labute approximate surface area is 102 Å². The van der Waals surface area contributed by atoms with E-state index in [4.69, 9.17) is 19.5 Å². The monoisotopic (exact) mass is 235 g/mol. The van der Waals surface area contributed by atoms with Crippen LogP contribution in [-0.2, 0) is 4.74 Å². The van der Waals surface area contributed by atoms with Crippen molar-refractivity contribution in [3.05, 3.63) is 23.8 Å². The van der Waals surface area contributed by atoms with Gasteiger partial charge in [-0.2, -0.15) is 5.26 Å². The number of methoxy groups -OCH3 is 1. The van der Waals surface area contributed by atoms with E-state index in [9.17, 15) is 0 Å². The molecule has 0 N–H and O–H groups in total. The zero-order chi connectivity index (χ0) is 12.7. The van der Waals surface area contributed by atoms with Crippen molar-refractivity contribution in [2.45, 2.75) is 20.0 Å². The fraction of sp³-hybridized carbons (Fsp3) is 0.462. The summed E-state index contributed by atoms with van der Waals surface area (Å²) in [4.78, 5) is 0. The first-order chi connectivity index (χ1) is 8.17. The molecule has 92 valence electrons. The third kappa shape index (κ3) is 4.33. The van der Waals surface area contributed by atoms with Gasteiger partial charge in [0.05, 0.1) is 25.4 Å². The molecule has 4 nitrogen and oxygen atoms in total. The molecule has 4 heteroatoms. The standard InChI is InChI=1S/C13H17NO3/c1-10(2)16-6-7-17-13-8-12(15-3)5-4-11(13)9-14/h4-5,8,10H,6-7H2,1-3H3. The van der Waals surface area contributed by atoms with E-state index in [-0.39, 0.29) is 6.10 Å². The van der Waals surface area contributed by atoms with E-state index < -0.39 is 0 Å². The second-order valence-corrected chi connectivity index (χ2v) is 3.74. The summed E-state index contributed by atoms with van der Waals surface area (Å²) in [5, 5.41) is 8.92. The van der Waals surface area contributed by atoms with Gasteiger partial charge in [-0.15, -0.1) is 0 Å². The molecule has 0 heterocycles. The number of ether oxygens (including phenoxy) is 3. The lowest BCUT2D eigenvalue weighted by Gasteiger charge is -2.11. The Hall–Kier alpha value is -1.73. The number of nitriles is 1. The maximum atomic E-state index is 8.92. The first-order valence-corrected chi connectivity index (χ1v) is 5.50. The van der Waals surface area contributed by atoms with Crippen molar-refractivity contribution in [3.8, 4) is 17.6 Å². The Balaban J connectivity index is 2.59. The number of rotatable bonds is 6. The maximum Gasteiger partial charge on any atom is 0.140 e. The van der Waals surface area contributed by atoms with Gasteiger partial charge in [0.2, 0.25) is 0 Å². The number of hydrogen-bond acceptors (Lipinski definition) is 4. The van der Waals surface area contributed by atoms with Gasteiger partial charge in [0.1, 0.15) is 24.2 Å². The molecule has 1 aromatic carbocycles. The molecule has 1 rings (SSSR count). The molecule has 0 aliphatic rings. The Kier molecular flexibility index (Phi) is 5.31. The van der Waals surface area contributed by atoms with E-state index in [1.54, 1.807) is 25.3 Å². The van der Waals surface area contributed by atoms with Crippen LogP contribution in [0.1, 0.15) is 19.4 Å². The first-order valence-electron chi connectivity index (χ1n) is 5.50. The number of hydrogen-bond donors (Lipinski definition) is 0. The fourth-order valence-corrected chi connectivity index (χ4v) is 1.28. The Bertz CT molecular complexity index is 396. The van der Waals surface area contributed by atoms with Crippen molar-refractivity contribution in [1.82, 2.24) is 0 Å². The molecule has 17 heavy (non-hydrogen) atoms. The van der Waals surface area contributed by atoms with Gasteiger partial charge >= 0.3 is 0 Å². The Morgan fingerprint density at radius 1 is 1.29 bits per heavy atom. The topological polar surface area (TPSA) is 51.5 Å². The van der Waals surface area contributed by atoms with Gasteiger partial charge in [-0.25, -0.2) is 0 Å². The van der Waals surface area contributed by atoms with Crippen LogP contribution >= 0.6 is 0 Å². The molecular formula is C13H17NO3. The molecule has 0 aromatic heterocycles. The molecule has 0 aliphatic carbocycles. The van der Waals surface area contributed by atoms with Crippen molar-refractivity contribution < 1.29 is 14.2 Å². The highest BCUT2D eigenvalue weighted by Gasteiger charge is 2.05. The van der Waals surface area contributed by atoms with Crippen molar-refractivity contribution >= 4 is 0 Å². The molecule has 0 saturated carbocycles. The van der Waals surface area contributed by atoms with E-state index in [1.807, 2.05) is 13.8 Å². The molecule has 0 bridgehead atoms. The molecule has 0 unspecified atom stereocenters. The summed E-state index contributed by atoms with van der Waals surface area (Å²) in [7, 11) is 1.58. The van der Waals surface area contributed by atoms with Gasteiger partial charge < -0.3 is 14.2 Å². The van der Waals surface area contributed by atoms with Gasteiger partial charge in [-0.05, 0) is 26.0 Å². The lowest BCUT2D eigenvalue weighted by atomic mass is 10.2. The Morgan fingerprint density at radius 3 is 2.65 bits per heavy atom. The van der Waals surface area contributed by atoms with E-state index in [2.05, 4.69) is 6.07 Å². The van der Waals surface area contributed by atoms with E-state index in [0.717, 1.165) is 0 Å². The first kappa shape index (κ1) is 13.3. The SMILES string of the molecule is COc1ccc(C#N)c(OCCOC(C)C)c1. The minimum Gasteiger partial charge on any atom is -0.497 e. The zero-order valence-electron chi connectivity index (χ0n) is 10.4. The van der Waals surface area contributed by atoms with Gasteiger partial charge in [0.25, 0.3) is 0 Å². The zero-order valence-corrected chi connectivity index (χ0v) is 10.4. The van der Waals surface area contributed by atoms with Gasteiger partial charge in [0, 0.05) is 6.07 Å². The molecule has 0 saturated heterocycles. The van der Waals surface area contributed by atoms with Gasteiger partial charge in [0.15, 0.2) is 0 Å². The van der Waals surface area contributed by atoms with Crippen LogP contribution in [0, 0.1) is 11.3 Å². The van der Waals surface area contributed by atoms with E-state index in [1.165, 1.54) is 0 Å². The van der Waals surface area contributed by atoms with Crippen LogP contribution in [0.15, 0.2) is 18.2 Å². The lowest BCUT2D eigenvalue weighted by molar-refractivity contribution is 0.0551. The molecule has 0 radical (unpaired) electrons. The largest absolute Gasteiger partial charge is 0.497 e. The highest BCUT2D eigenvalue weighted by molar-refractivity contribution is 5.47. The third-order valence-electron chi connectivity index (χ3n) is 2.10. The molecular weight excluding hydrogens is 218 g/mol. The minimum atomic E-state index is 0.180. The van der Waals surface area contributed by atoms with Crippen molar-refractivity contribution in [2.75, 3.05) is 20.3 Å². The van der Waals surface area contributed by atoms with Crippen LogP contribution in [0.3, 0.4) is 0 Å². The van der Waals surface area contributed by atoms with E-state index in [0.29, 0.717) is 30.3 Å². The summed E-state index contributed by atoms with van der Waals surface area (Å²) in [5.74, 6) is 1.20. The molecule has 0 fully saturated rings. The predicted octanol–water partition coefficient (Wildman–Crippen LogP) is 2.37. The van der Waals surface area contributed by atoms with Crippen LogP contribution in [0.5, 0.6) is 11.5 Å². The summed E-state index contributed by atoms with van der Waals surface area (Å²) < 4.78 is 15.9. The van der Waals surface area contributed by atoms with E-state index >= 15 is 0 Å². The molecule has 0 amide bonds. The summed E-state index contributed by atoms with van der Waals surface area (Å²) in [6, 6.07) is 7.19. The lowest BCUT2D eigenvalue weighted by Crippen LogP contribution is -2.11. The van der Waals surface area contributed by atoms with Crippen LogP contribution in [0.4, 0.5) is 0 Å². The van der Waals surface area contributed by atoms with Crippen LogP contribution in [0.25, 0.3) is 0 Å².